The molecule has 1 unspecified atom stereocenters. The van der Waals surface area contributed by atoms with Crippen LogP contribution < -0.4 is 5.32 Å². The van der Waals surface area contributed by atoms with Crippen molar-refractivity contribution in [1.82, 2.24) is 15.5 Å². The highest BCUT2D eigenvalue weighted by Gasteiger charge is 2.22. The van der Waals surface area contributed by atoms with Gasteiger partial charge < -0.3 is 14.6 Å². The normalized spacial score (nSPS) is 19.5. The molecular weight excluding hydrogens is 242 g/mol. The Bertz CT molecular complexity index is 547. The van der Waals surface area contributed by atoms with E-state index >= 15 is 0 Å². The van der Waals surface area contributed by atoms with Crippen LogP contribution in [0.4, 0.5) is 0 Å². The van der Waals surface area contributed by atoms with Crippen molar-refractivity contribution in [2.24, 2.45) is 0 Å². The van der Waals surface area contributed by atoms with Crippen molar-refractivity contribution in [3.05, 3.63) is 35.7 Å². The molecule has 0 radical (unpaired) electrons. The van der Waals surface area contributed by atoms with E-state index in [0.29, 0.717) is 18.3 Å². The van der Waals surface area contributed by atoms with Gasteiger partial charge in [-0.05, 0) is 18.1 Å². The first-order valence-electron chi connectivity index (χ1n) is 6.62. The van der Waals surface area contributed by atoms with Crippen molar-refractivity contribution in [1.29, 1.82) is 0 Å². The molecule has 3 rings (SSSR count). The minimum atomic E-state index is -0.111. The number of ether oxygens (including phenoxy) is 1. The number of benzene rings is 1. The molecule has 1 saturated heterocycles. The zero-order valence-corrected chi connectivity index (χ0v) is 10.9. The van der Waals surface area contributed by atoms with E-state index < -0.39 is 0 Å². The fourth-order valence-corrected chi connectivity index (χ4v) is 2.24. The van der Waals surface area contributed by atoms with Gasteiger partial charge in [0.15, 0.2) is 0 Å². The van der Waals surface area contributed by atoms with Crippen LogP contribution in [0.15, 0.2) is 28.8 Å². The summed E-state index contributed by atoms with van der Waals surface area (Å²) < 4.78 is 11.0. The number of aromatic nitrogens is 2. The van der Waals surface area contributed by atoms with Gasteiger partial charge in [-0.25, -0.2) is 0 Å². The summed E-state index contributed by atoms with van der Waals surface area (Å²) in [4.78, 5) is 4.47. The standard InChI is InChI=1S/C14H17N3O2/c1-2-10-5-3-4-6-11(10)14-16-13(17-19-14)12-9-15-7-8-18-12/h3-6,12,15H,2,7-9H2,1H3. The van der Waals surface area contributed by atoms with Crippen LogP contribution in [0, 0.1) is 0 Å². The minimum Gasteiger partial charge on any atom is -0.367 e. The number of morpholine rings is 1. The van der Waals surface area contributed by atoms with Gasteiger partial charge in [-0.1, -0.05) is 30.3 Å². The van der Waals surface area contributed by atoms with Gasteiger partial charge in [0.25, 0.3) is 5.89 Å². The number of hydrogen-bond donors (Lipinski definition) is 1. The third-order valence-electron chi connectivity index (χ3n) is 3.29. The zero-order valence-electron chi connectivity index (χ0n) is 10.9. The van der Waals surface area contributed by atoms with Crippen LogP contribution in [0.1, 0.15) is 24.4 Å². The summed E-state index contributed by atoms with van der Waals surface area (Å²) in [7, 11) is 0. The Morgan fingerprint density at radius 2 is 2.26 bits per heavy atom. The Hall–Kier alpha value is -1.72. The first-order valence-corrected chi connectivity index (χ1v) is 6.62. The molecule has 2 aromatic rings. The Labute approximate surface area is 112 Å². The molecule has 5 heteroatoms. The first kappa shape index (κ1) is 12.3. The Morgan fingerprint density at radius 1 is 1.37 bits per heavy atom. The van der Waals surface area contributed by atoms with Crippen LogP contribution in [0.25, 0.3) is 11.5 Å². The number of nitrogens with zero attached hydrogens (tertiary/aromatic N) is 2. The number of aryl methyl sites for hydroxylation is 1. The van der Waals surface area contributed by atoms with Crippen LogP contribution in [0.2, 0.25) is 0 Å². The summed E-state index contributed by atoms with van der Waals surface area (Å²) in [6.07, 6.45) is 0.829. The average Bonchev–Trinajstić information content (AvgIpc) is 2.98. The molecule has 0 bridgehead atoms. The zero-order chi connectivity index (χ0) is 13.1. The molecule has 1 atom stereocenters. The van der Waals surface area contributed by atoms with Crippen molar-refractivity contribution >= 4 is 0 Å². The lowest BCUT2D eigenvalue weighted by Gasteiger charge is -2.20. The molecule has 100 valence electrons. The van der Waals surface area contributed by atoms with Crippen molar-refractivity contribution in [3.63, 3.8) is 0 Å². The Kier molecular flexibility index (Phi) is 3.57. The van der Waals surface area contributed by atoms with E-state index in [1.54, 1.807) is 0 Å². The highest BCUT2D eigenvalue weighted by atomic mass is 16.5. The third-order valence-corrected chi connectivity index (χ3v) is 3.29. The van der Waals surface area contributed by atoms with Gasteiger partial charge in [0.05, 0.1) is 6.61 Å². The van der Waals surface area contributed by atoms with E-state index in [1.807, 2.05) is 18.2 Å². The maximum absolute atomic E-state index is 5.62. The molecule has 0 amide bonds. The molecule has 1 fully saturated rings. The third kappa shape index (κ3) is 2.52. The van der Waals surface area contributed by atoms with Gasteiger partial charge in [-0.15, -0.1) is 0 Å². The van der Waals surface area contributed by atoms with Gasteiger partial charge in [0.1, 0.15) is 6.10 Å². The van der Waals surface area contributed by atoms with Crippen LogP contribution in [-0.4, -0.2) is 29.8 Å². The van der Waals surface area contributed by atoms with E-state index in [9.17, 15) is 0 Å². The quantitative estimate of drug-likeness (QED) is 0.913. The summed E-state index contributed by atoms with van der Waals surface area (Å²) in [5.74, 6) is 1.19. The van der Waals surface area contributed by atoms with Gasteiger partial charge >= 0.3 is 0 Å². The lowest BCUT2D eigenvalue weighted by Crippen LogP contribution is -2.33. The number of nitrogens with one attached hydrogen (secondary N) is 1. The van der Waals surface area contributed by atoms with Gasteiger partial charge in [0, 0.05) is 18.7 Å². The monoisotopic (exact) mass is 259 g/mol. The second-order valence-corrected chi connectivity index (χ2v) is 4.53. The number of hydrogen-bond acceptors (Lipinski definition) is 5. The Morgan fingerprint density at radius 3 is 3.05 bits per heavy atom. The molecule has 1 aromatic carbocycles. The molecular formula is C14H17N3O2. The summed E-state index contributed by atoms with van der Waals surface area (Å²) >= 11 is 0. The Balaban J connectivity index is 1.88. The lowest BCUT2D eigenvalue weighted by molar-refractivity contribution is 0.0208. The topological polar surface area (TPSA) is 60.2 Å². The smallest absolute Gasteiger partial charge is 0.258 e. The fraction of sp³-hybridized carbons (Fsp3) is 0.429. The number of rotatable bonds is 3. The van der Waals surface area contributed by atoms with Crippen molar-refractivity contribution < 1.29 is 9.26 Å². The van der Waals surface area contributed by atoms with Crippen LogP contribution in [0.3, 0.4) is 0 Å². The van der Waals surface area contributed by atoms with Gasteiger partial charge in [-0.3, -0.25) is 0 Å². The van der Waals surface area contributed by atoms with Crippen molar-refractivity contribution in [2.75, 3.05) is 19.7 Å². The summed E-state index contributed by atoms with van der Waals surface area (Å²) in [6.45, 7) is 4.40. The van der Waals surface area contributed by atoms with Gasteiger partial charge in [0.2, 0.25) is 5.82 Å². The summed E-state index contributed by atoms with van der Waals surface area (Å²) in [5.41, 5.74) is 2.22. The van der Waals surface area contributed by atoms with E-state index in [-0.39, 0.29) is 6.10 Å². The van der Waals surface area contributed by atoms with Crippen LogP contribution in [0.5, 0.6) is 0 Å². The minimum absolute atomic E-state index is 0.111. The van der Waals surface area contributed by atoms with Crippen LogP contribution in [-0.2, 0) is 11.2 Å². The van der Waals surface area contributed by atoms with E-state index in [4.69, 9.17) is 9.26 Å². The molecule has 1 aliphatic rings. The molecule has 1 aromatic heterocycles. The molecule has 19 heavy (non-hydrogen) atoms. The lowest BCUT2D eigenvalue weighted by atomic mass is 10.1. The predicted octanol–water partition coefficient (Wildman–Crippen LogP) is 1.96. The maximum atomic E-state index is 5.62. The second kappa shape index (κ2) is 5.50. The molecule has 0 saturated carbocycles. The first-order chi connectivity index (χ1) is 9.38. The second-order valence-electron chi connectivity index (χ2n) is 4.53. The highest BCUT2D eigenvalue weighted by molar-refractivity contribution is 5.58. The summed E-state index contributed by atoms with van der Waals surface area (Å²) in [6, 6.07) is 8.10. The van der Waals surface area contributed by atoms with Gasteiger partial charge in [-0.2, -0.15) is 4.98 Å². The fourth-order valence-electron chi connectivity index (χ4n) is 2.24. The van der Waals surface area contributed by atoms with E-state index in [2.05, 4.69) is 28.4 Å². The maximum Gasteiger partial charge on any atom is 0.258 e. The molecule has 0 aliphatic carbocycles. The van der Waals surface area contributed by atoms with E-state index in [0.717, 1.165) is 25.1 Å². The average molecular weight is 259 g/mol. The van der Waals surface area contributed by atoms with Crippen molar-refractivity contribution in [2.45, 2.75) is 19.4 Å². The molecule has 0 spiro atoms. The highest BCUT2D eigenvalue weighted by Crippen LogP contribution is 2.24. The van der Waals surface area contributed by atoms with Crippen LogP contribution >= 0.6 is 0 Å². The SMILES string of the molecule is CCc1ccccc1-c1nc(C2CNCCO2)no1. The molecule has 5 nitrogen and oxygen atoms in total. The molecule has 2 heterocycles. The predicted molar refractivity (Wildman–Crippen MR) is 70.7 cm³/mol. The molecule has 1 N–H and O–H groups in total. The largest absolute Gasteiger partial charge is 0.367 e. The molecule has 1 aliphatic heterocycles. The summed E-state index contributed by atoms with van der Waals surface area (Å²) in [5, 5.41) is 7.30. The van der Waals surface area contributed by atoms with Crippen molar-refractivity contribution in [3.8, 4) is 11.5 Å². The van der Waals surface area contributed by atoms with E-state index in [1.165, 1.54) is 5.56 Å².